The molecule has 0 saturated heterocycles. The van der Waals surface area contributed by atoms with E-state index in [1.165, 1.54) is 23.5 Å². The molecule has 1 N–H and O–H groups in total. The van der Waals surface area contributed by atoms with Crippen molar-refractivity contribution in [1.82, 2.24) is 10.3 Å². The van der Waals surface area contributed by atoms with E-state index in [1.54, 1.807) is 0 Å². The minimum absolute atomic E-state index is 0.142. The minimum Gasteiger partial charge on any atom is -0.309 e. The van der Waals surface area contributed by atoms with Gasteiger partial charge in [-0.2, -0.15) is 0 Å². The van der Waals surface area contributed by atoms with Crippen LogP contribution in [0.1, 0.15) is 32.0 Å². The van der Waals surface area contributed by atoms with Crippen LogP contribution in [0.4, 0.5) is 8.78 Å². The van der Waals surface area contributed by atoms with Gasteiger partial charge in [0, 0.05) is 23.1 Å². The highest BCUT2D eigenvalue weighted by Gasteiger charge is 2.11. The van der Waals surface area contributed by atoms with Gasteiger partial charge in [-0.25, -0.2) is 13.8 Å². The molecule has 0 fully saturated rings. The third-order valence-electron chi connectivity index (χ3n) is 2.78. The summed E-state index contributed by atoms with van der Waals surface area (Å²) in [6, 6.07) is 3.61. The van der Waals surface area contributed by atoms with Crippen LogP contribution in [-0.4, -0.2) is 11.5 Å². The molecule has 2 rings (SSSR count). The van der Waals surface area contributed by atoms with Crippen LogP contribution in [0.25, 0.3) is 10.6 Å². The Morgan fingerprint density at radius 2 is 1.95 bits per heavy atom. The van der Waals surface area contributed by atoms with E-state index in [4.69, 9.17) is 0 Å². The lowest BCUT2D eigenvalue weighted by Gasteiger charge is -2.09. The van der Waals surface area contributed by atoms with Crippen molar-refractivity contribution in [3.63, 3.8) is 0 Å². The van der Waals surface area contributed by atoms with Gasteiger partial charge in [-0.1, -0.05) is 6.92 Å². The van der Waals surface area contributed by atoms with Crippen LogP contribution in [-0.2, 0) is 0 Å². The number of thiazole rings is 1. The molecule has 0 saturated carbocycles. The Bertz CT molecular complexity index is 534. The molecule has 0 amide bonds. The highest BCUT2D eigenvalue weighted by atomic mass is 32.1. The summed E-state index contributed by atoms with van der Waals surface area (Å²) in [7, 11) is 0. The molecule has 0 aliphatic rings. The van der Waals surface area contributed by atoms with Crippen LogP contribution < -0.4 is 5.32 Å². The lowest BCUT2D eigenvalue weighted by molar-refractivity contribution is 0.561. The summed E-state index contributed by atoms with van der Waals surface area (Å²) in [6.45, 7) is 5.05. The molecule has 0 radical (unpaired) electrons. The fourth-order valence-electron chi connectivity index (χ4n) is 1.76. The lowest BCUT2D eigenvalue weighted by Crippen LogP contribution is -2.19. The molecule has 0 aliphatic carbocycles. The van der Waals surface area contributed by atoms with Gasteiger partial charge >= 0.3 is 0 Å². The molecule has 0 spiro atoms. The summed E-state index contributed by atoms with van der Waals surface area (Å²) < 4.78 is 26.3. The van der Waals surface area contributed by atoms with E-state index >= 15 is 0 Å². The maximum atomic E-state index is 13.2. The number of nitrogens with one attached hydrogen (secondary N) is 1. The average Bonchev–Trinajstić information content (AvgIpc) is 2.84. The Morgan fingerprint density at radius 3 is 2.58 bits per heavy atom. The van der Waals surface area contributed by atoms with Crippen molar-refractivity contribution < 1.29 is 8.78 Å². The molecule has 102 valence electrons. The zero-order valence-corrected chi connectivity index (χ0v) is 11.7. The third-order valence-corrected chi connectivity index (χ3v) is 3.69. The zero-order chi connectivity index (χ0) is 13.8. The molecule has 0 bridgehead atoms. The SMILES string of the molecule is CCCNC(C)c1csc(-c2cc(F)cc(F)c2)n1. The number of halogens is 2. The van der Waals surface area contributed by atoms with Crippen molar-refractivity contribution in [3.05, 3.63) is 40.9 Å². The molecule has 1 aromatic carbocycles. The quantitative estimate of drug-likeness (QED) is 0.891. The summed E-state index contributed by atoms with van der Waals surface area (Å²) >= 11 is 1.40. The van der Waals surface area contributed by atoms with Gasteiger partial charge in [0.25, 0.3) is 0 Å². The first-order valence-corrected chi connectivity index (χ1v) is 7.13. The van der Waals surface area contributed by atoms with Gasteiger partial charge < -0.3 is 5.32 Å². The Labute approximate surface area is 115 Å². The van der Waals surface area contributed by atoms with Crippen molar-refractivity contribution >= 4 is 11.3 Å². The second kappa shape index (κ2) is 6.21. The smallest absolute Gasteiger partial charge is 0.126 e. The van der Waals surface area contributed by atoms with Gasteiger partial charge in [0.05, 0.1) is 5.69 Å². The second-order valence-corrected chi connectivity index (χ2v) is 5.27. The van der Waals surface area contributed by atoms with E-state index in [1.807, 2.05) is 12.3 Å². The van der Waals surface area contributed by atoms with E-state index in [0.29, 0.717) is 10.6 Å². The van der Waals surface area contributed by atoms with Gasteiger partial charge in [0.15, 0.2) is 0 Å². The topological polar surface area (TPSA) is 24.9 Å². The van der Waals surface area contributed by atoms with Gasteiger partial charge in [0.2, 0.25) is 0 Å². The Hall–Kier alpha value is -1.33. The maximum Gasteiger partial charge on any atom is 0.126 e. The van der Waals surface area contributed by atoms with Crippen LogP contribution in [0.15, 0.2) is 23.6 Å². The summed E-state index contributed by atoms with van der Waals surface area (Å²) in [4.78, 5) is 4.44. The number of hydrogen-bond acceptors (Lipinski definition) is 3. The molecule has 2 nitrogen and oxygen atoms in total. The molecule has 0 aliphatic heterocycles. The normalized spacial score (nSPS) is 12.6. The van der Waals surface area contributed by atoms with Crippen LogP contribution in [0, 0.1) is 11.6 Å². The van der Waals surface area contributed by atoms with Crippen LogP contribution in [0.3, 0.4) is 0 Å². The Balaban J connectivity index is 2.20. The van der Waals surface area contributed by atoms with Crippen LogP contribution >= 0.6 is 11.3 Å². The van der Waals surface area contributed by atoms with Crippen LogP contribution in [0.5, 0.6) is 0 Å². The third kappa shape index (κ3) is 3.58. The molecule has 19 heavy (non-hydrogen) atoms. The maximum absolute atomic E-state index is 13.2. The largest absolute Gasteiger partial charge is 0.309 e. The Morgan fingerprint density at radius 1 is 1.26 bits per heavy atom. The standard InChI is InChI=1S/C14H16F2N2S/c1-3-4-17-9(2)13-8-19-14(18-13)10-5-11(15)7-12(16)6-10/h5-9,17H,3-4H2,1-2H3. The monoisotopic (exact) mass is 282 g/mol. The van der Waals surface area contributed by atoms with E-state index in [-0.39, 0.29) is 6.04 Å². The van der Waals surface area contributed by atoms with Gasteiger partial charge in [-0.3, -0.25) is 0 Å². The highest BCUT2D eigenvalue weighted by Crippen LogP contribution is 2.27. The molecule has 5 heteroatoms. The summed E-state index contributed by atoms with van der Waals surface area (Å²) in [5.74, 6) is -1.16. The van der Waals surface area contributed by atoms with Crippen molar-refractivity contribution in [3.8, 4) is 10.6 Å². The second-order valence-electron chi connectivity index (χ2n) is 4.41. The highest BCUT2D eigenvalue weighted by molar-refractivity contribution is 7.13. The number of aromatic nitrogens is 1. The summed E-state index contributed by atoms with van der Waals surface area (Å²) in [6.07, 6.45) is 1.05. The van der Waals surface area contributed by atoms with Crippen molar-refractivity contribution in [1.29, 1.82) is 0 Å². The molecule has 1 heterocycles. The van der Waals surface area contributed by atoms with E-state index < -0.39 is 11.6 Å². The van der Waals surface area contributed by atoms with E-state index in [2.05, 4.69) is 17.2 Å². The average molecular weight is 282 g/mol. The van der Waals surface area contributed by atoms with Crippen molar-refractivity contribution in [2.45, 2.75) is 26.3 Å². The number of benzene rings is 1. The first-order chi connectivity index (χ1) is 9.10. The van der Waals surface area contributed by atoms with Crippen molar-refractivity contribution in [2.24, 2.45) is 0 Å². The zero-order valence-electron chi connectivity index (χ0n) is 10.9. The van der Waals surface area contributed by atoms with Crippen LogP contribution in [0.2, 0.25) is 0 Å². The van der Waals surface area contributed by atoms with Crippen molar-refractivity contribution in [2.75, 3.05) is 6.54 Å². The number of hydrogen-bond donors (Lipinski definition) is 1. The number of rotatable bonds is 5. The molecular formula is C14H16F2N2S. The fourth-order valence-corrected chi connectivity index (χ4v) is 2.66. The van der Waals surface area contributed by atoms with E-state index in [0.717, 1.165) is 24.7 Å². The summed E-state index contributed by atoms with van der Waals surface area (Å²) in [5.41, 5.74) is 1.38. The van der Waals surface area contributed by atoms with Gasteiger partial charge in [0.1, 0.15) is 16.6 Å². The predicted octanol–water partition coefficient (Wildman–Crippen LogP) is 4.15. The van der Waals surface area contributed by atoms with Gasteiger partial charge in [-0.05, 0) is 32.0 Å². The minimum atomic E-state index is -0.580. The Kier molecular flexibility index (Phi) is 4.61. The number of nitrogens with zero attached hydrogens (tertiary/aromatic N) is 1. The molecule has 1 atom stereocenters. The fraction of sp³-hybridized carbons (Fsp3) is 0.357. The molecular weight excluding hydrogens is 266 g/mol. The molecule has 1 aromatic heterocycles. The summed E-state index contributed by atoms with van der Waals surface area (Å²) in [5, 5.41) is 5.89. The lowest BCUT2D eigenvalue weighted by atomic mass is 10.2. The first-order valence-electron chi connectivity index (χ1n) is 6.25. The molecule has 1 unspecified atom stereocenters. The predicted molar refractivity (Wildman–Crippen MR) is 74.2 cm³/mol. The first kappa shape index (κ1) is 14.1. The van der Waals surface area contributed by atoms with Gasteiger partial charge in [-0.15, -0.1) is 11.3 Å². The van der Waals surface area contributed by atoms with E-state index in [9.17, 15) is 8.78 Å². The molecule has 2 aromatic rings.